The van der Waals surface area contributed by atoms with E-state index in [1.807, 2.05) is 6.07 Å². The second kappa shape index (κ2) is 5.96. The largest absolute Gasteiger partial charge is 0.384 e. The normalized spacial score (nSPS) is 12.0. The van der Waals surface area contributed by atoms with Gasteiger partial charge >= 0.3 is 0 Å². The summed E-state index contributed by atoms with van der Waals surface area (Å²) in [6.07, 6.45) is 0. The van der Waals surface area contributed by atoms with Crippen molar-refractivity contribution in [3.8, 4) is 6.07 Å². The number of hydrogen-bond donors (Lipinski definition) is 0. The Bertz CT molecular complexity index is 292. The molecule has 0 aliphatic carbocycles. The number of rotatable bonds is 6. The molecule has 0 atom stereocenters. The number of sulfonamides is 1. The summed E-state index contributed by atoms with van der Waals surface area (Å²) >= 11 is 0. The molecular weight excluding hydrogens is 204 g/mol. The van der Waals surface area contributed by atoms with Gasteiger partial charge in [0.25, 0.3) is 0 Å². The van der Waals surface area contributed by atoms with Gasteiger partial charge in [0.05, 0.1) is 18.4 Å². The van der Waals surface area contributed by atoms with Crippen molar-refractivity contribution in [2.45, 2.75) is 19.9 Å². The predicted octanol–water partition coefficient (Wildman–Crippen LogP) is 0.197. The maximum absolute atomic E-state index is 11.6. The monoisotopic (exact) mass is 220 g/mol. The van der Waals surface area contributed by atoms with Gasteiger partial charge in [0.15, 0.2) is 0 Å². The van der Waals surface area contributed by atoms with E-state index in [1.54, 1.807) is 13.8 Å². The Morgan fingerprint density at radius 1 is 1.50 bits per heavy atom. The molecule has 0 saturated carbocycles. The van der Waals surface area contributed by atoms with E-state index in [1.165, 1.54) is 11.4 Å². The van der Waals surface area contributed by atoms with Crippen LogP contribution in [0.2, 0.25) is 0 Å². The second-order valence-corrected chi connectivity index (χ2v) is 5.15. The summed E-state index contributed by atoms with van der Waals surface area (Å²) in [5.74, 6) is -0.0800. The minimum absolute atomic E-state index is 0.0800. The lowest BCUT2D eigenvalue weighted by atomic mass is 10.4. The SMILES string of the molecule is COCCS(=O)(=O)N(CC#N)C(C)C. The predicted molar refractivity (Wildman–Crippen MR) is 53.1 cm³/mol. The molecule has 5 nitrogen and oxygen atoms in total. The zero-order chi connectivity index (χ0) is 11.2. The van der Waals surface area contributed by atoms with Crippen LogP contribution in [0.25, 0.3) is 0 Å². The molecule has 0 aliphatic rings. The van der Waals surface area contributed by atoms with Crippen LogP contribution in [-0.2, 0) is 14.8 Å². The van der Waals surface area contributed by atoms with E-state index in [-0.39, 0.29) is 24.9 Å². The first-order valence-electron chi connectivity index (χ1n) is 4.31. The highest BCUT2D eigenvalue weighted by molar-refractivity contribution is 7.89. The van der Waals surface area contributed by atoms with Gasteiger partial charge in [-0.3, -0.25) is 0 Å². The highest BCUT2D eigenvalue weighted by Crippen LogP contribution is 2.06. The van der Waals surface area contributed by atoms with Crippen LogP contribution in [0.15, 0.2) is 0 Å². The van der Waals surface area contributed by atoms with Crippen molar-refractivity contribution in [2.24, 2.45) is 0 Å². The molecule has 0 spiro atoms. The first-order valence-corrected chi connectivity index (χ1v) is 5.92. The number of methoxy groups -OCH3 is 1. The summed E-state index contributed by atoms with van der Waals surface area (Å²) in [7, 11) is -1.92. The van der Waals surface area contributed by atoms with Gasteiger partial charge in [-0.05, 0) is 13.8 Å². The molecule has 0 aromatic heterocycles. The maximum Gasteiger partial charge on any atom is 0.217 e. The van der Waals surface area contributed by atoms with E-state index in [9.17, 15) is 8.42 Å². The Hall–Kier alpha value is -0.640. The van der Waals surface area contributed by atoms with E-state index in [2.05, 4.69) is 0 Å². The summed E-state index contributed by atoms with van der Waals surface area (Å²) < 4.78 is 29.1. The molecule has 0 N–H and O–H groups in total. The maximum atomic E-state index is 11.6. The molecule has 6 heteroatoms. The first kappa shape index (κ1) is 13.4. The number of ether oxygens (including phenoxy) is 1. The van der Waals surface area contributed by atoms with Crippen molar-refractivity contribution in [3.63, 3.8) is 0 Å². The van der Waals surface area contributed by atoms with Crippen LogP contribution < -0.4 is 0 Å². The fourth-order valence-electron chi connectivity index (χ4n) is 0.978. The zero-order valence-corrected chi connectivity index (χ0v) is 9.54. The van der Waals surface area contributed by atoms with Gasteiger partial charge in [0.2, 0.25) is 10.0 Å². The minimum atomic E-state index is -3.36. The average Bonchev–Trinajstić information content (AvgIpc) is 2.10. The summed E-state index contributed by atoms with van der Waals surface area (Å²) in [5.41, 5.74) is 0. The lowest BCUT2D eigenvalue weighted by Crippen LogP contribution is -2.39. The molecule has 0 amide bonds. The van der Waals surface area contributed by atoms with Crippen LogP contribution in [0.5, 0.6) is 0 Å². The lowest BCUT2D eigenvalue weighted by Gasteiger charge is -2.22. The second-order valence-electron chi connectivity index (χ2n) is 3.11. The Balaban J connectivity index is 4.57. The van der Waals surface area contributed by atoms with Gasteiger partial charge in [0.1, 0.15) is 6.54 Å². The fraction of sp³-hybridized carbons (Fsp3) is 0.875. The van der Waals surface area contributed by atoms with E-state index in [4.69, 9.17) is 10.00 Å². The van der Waals surface area contributed by atoms with E-state index in [0.717, 1.165) is 0 Å². The minimum Gasteiger partial charge on any atom is -0.384 e. The molecule has 0 unspecified atom stereocenters. The topological polar surface area (TPSA) is 70.4 Å². The van der Waals surface area contributed by atoms with Crippen molar-refractivity contribution < 1.29 is 13.2 Å². The fourth-order valence-corrected chi connectivity index (χ4v) is 2.49. The van der Waals surface area contributed by atoms with Crippen LogP contribution in [0.1, 0.15) is 13.8 Å². The van der Waals surface area contributed by atoms with Gasteiger partial charge in [-0.25, -0.2) is 8.42 Å². The molecule has 14 heavy (non-hydrogen) atoms. The molecule has 0 fully saturated rings. The van der Waals surface area contributed by atoms with Gasteiger partial charge in [-0.1, -0.05) is 0 Å². The van der Waals surface area contributed by atoms with Crippen molar-refractivity contribution in [3.05, 3.63) is 0 Å². The first-order chi connectivity index (χ1) is 6.45. The standard InChI is InChI=1S/C8H16N2O3S/c1-8(2)10(5-4-9)14(11,12)7-6-13-3/h8H,5-7H2,1-3H3. The molecular formula is C8H16N2O3S. The molecule has 0 bridgehead atoms. The van der Waals surface area contributed by atoms with E-state index < -0.39 is 10.0 Å². The third-order valence-electron chi connectivity index (χ3n) is 1.71. The van der Waals surface area contributed by atoms with E-state index >= 15 is 0 Å². The van der Waals surface area contributed by atoms with Gasteiger partial charge in [-0.15, -0.1) is 0 Å². The molecule has 0 aromatic rings. The molecule has 0 aliphatic heterocycles. The Labute approximate surface area is 85.3 Å². The molecule has 0 aromatic carbocycles. The van der Waals surface area contributed by atoms with Gasteiger partial charge in [0, 0.05) is 13.2 Å². The molecule has 0 radical (unpaired) electrons. The van der Waals surface area contributed by atoms with Crippen molar-refractivity contribution in [1.29, 1.82) is 5.26 Å². The highest BCUT2D eigenvalue weighted by Gasteiger charge is 2.23. The number of hydrogen-bond acceptors (Lipinski definition) is 4. The number of nitrogens with zero attached hydrogens (tertiary/aromatic N) is 2. The summed E-state index contributed by atoms with van der Waals surface area (Å²) in [5, 5.41) is 8.49. The smallest absolute Gasteiger partial charge is 0.217 e. The Kier molecular flexibility index (Phi) is 5.69. The third-order valence-corrected chi connectivity index (χ3v) is 3.65. The van der Waals surface area contributed by atoms with Crippen LogP contribution in [0, 0.1) is 11.3 Å². The average molecular weight is 220 g/mol. The zero-order valence-electron chi connectivity index (χ0n) is 8.73. The van der Waals surface area contributed by atoms with Gasteiger partial charge in [-0.2, -0.15) is 9.57 Å². The van der Waals surface area contributed by atoms with Crippen molar-refractivity contribution >= 4 is 10.0 Å². The van der Waals surface area contributed by atoms with E-state index in [0.29, 0.717) is 0 Å². The molecule has 82 valence electrons. The highest BCUT2D eigenvalue weighted by atomic mass is 32.2. The molecule has 0 saturated heterocycles. The van der Waals surface area contributed by atoms with Crippen LogP contribution in [-0.4, -0.2) is 44.8 Å². The summed E-state index contributed by atoms with van der Waals surface area (Å²) in [6.45, 7) is 3.52. The molecule has 0 heterocycles. The quantitative estimate of drug-likeness (QED) is 0.599. The van der Waals surface area contributed by atoms with Gasteiger partial charge < -0.3 is 4.74 Å². The lowest BCUT2D eigenvalue weighted by molar-refractivity contribution is 0.215. The van der Waals surface area contributed by atoms with Crippen LogP contribution in [0.3, 0.4) is 0 Å². The number of nitriles is 1. The summed E-state index contributed by atoms with van der Waals surface area (Å²) in [6, 6.07) is 1.64. The van der Waals surface area contributed by atoms with Crippen molar-refractivity contribution in [2.75, 3.05) is 26.0 Å². The van der Waals surface area contributed by atoms with Crippen LogP contribution >= 0.6 is 0 Å². The van der Waals surface area contributed by atoms with Crippen molar-refractivity contribution in [1.82, 2.24) is 4.31 Å². The molecule has 0 rings (SSSR count). The summed E-state index contributed by atoms with van der Waals surface area (Å²) in [4.78, 5) is 0. The Morgan fingerprint density at radius 3 is 2.43 bits per heavy atom. The Morgan fingerprint density at radius 2 is 2.07 bits per heavy atom. The third kappa shape index (κ3) is 4.05. The van der Waals surface area contributed by atoms with Crippen LogP contribution in [0.4, 0.5) is 0 Å².